The predicted molar refractivity (Wildman–Crippen MR) is 82.5 cm³/mol. The van der Waals surface area contributed by atoms with E-state index in [0.29, 0.717) is 0 Å². The largest absolute Gasteiger partial charge is 0.297 e. The third-order valence-electron chi connectivity index (χ3n) is 4.34. The van der Waals surface area contributed by atoms with Crippen molar-refractivity contribution in [2.75, 3.05) is 26.2 Å². The fourth-order valence-electron chi connectivity index (χ4n) is 2.75. The van der Waals surface area contributed by atoms with Gasteiger partial charge in [-0.05, 0) is 38.8 Å². The molecule has 0 N–H and O–H groups in total. The molecule has 0 saturated carbocycles. The van der Waals surface area contributed by atoms with Crippen molar-refractivity contribution in [1.29, 1.82) is 5.26 Å². The zero-order chi connectivity index (χ0) is 14.8. The first-order valence-electron chi connectivity index (χ1n) is 7.37. The molecule has 3 nitrogen and oxygen atoms in total. The summed E-state index contributed by atoms with van der Waals surface area (Å²) in [6, 6.07) is 9.07. The van der Waals surface area contributed by atoms with E-state index in [-0.39, 0.29) is 5.54 Å². The van der Waals surface area contributed by atoms with Gasteiger partial charge in [0.1, 0.15) is 5.54 Å². The maximum absolute atomic E-state index is 9.21. The number of hydrogen-bond donors (Lipinski definition) is 0. The van der Waals surface area contributed by atoms with E-state index >= 15 is 0 Å². The highest BCUT2D eigenvalue weighted by atomic mass is 15.3. The van der Waals surface area contributed by atoms with Crippen LogP contribution in [0.15, 0.2) is 18.2 Å². The van der Waals surface area contributed by atoms with Gasteiger partial charge in [-0.25, -0.2) is 0 Å². The Kier molecular flexibility index (Phi) is 4.47. The lowest BCUT2D eigenvalue weighted by molar-refractivity contribution is 0.0763. The maximum atomic E-state index is 9.21. The molecule has 0 spiro atoms. The normalized spacial score (nSPS) is 17.9. The van der Waals surface area contributed by atoms with Crippen molar-refractivity contribution in [2.45, 2.75) is 39.8 Å². The van der Waals surface area contributed by atoms with Crippen LogP contribution in [-0.2, 0) is 6.54 Å². The summed E-state index contributed by atoms with van der Waals surface area (Å²) >= 11 is 0. The number of hydrogen-bond acceptors (Lipinski definition) is 3. The van der Waals surface area contributed by atoms with E-state index in [0.717, 1.165) is 32.7 Å². The third-order valence-corrected chi connectivity index (χ3v) is 4.34. The Morgan fingerprint density at radius 3 is 2.40 bits per heavy atom. The second kappa shape index (κ2) is 5.95. The Balaban J connectivity index is 1.95. The van der Waals surface area contributed by atoms with Gasteiger partial charge >= 0.3 is 0 Å². The van der Waals surface area contributed by atoms with Crippen LogP contribution in [0, 0.1) is 25.2 Å². The highest BCUT2D eigenvalue weighted by Crippen LogP contribution is 2.18. The van der Waals surface area contributed by atoms with Crippen LogP contribution in [-0.4, -0.2) is 41.5 Å². The number of rotatable bonds is 3. The SMILES string of the molecule is Cc1ccc(C)c(CN2CCN(C(C)(C)C#N)CC2)c1. The van der Waals surface area contributed by atoms with Crippen molar-refractivity contribution in [2.24, 2.45) is 0 Å². The molecule has 0 amide bonds. The summed E-state index contributed by atoms with van der Waals surface area (Å²) in [5.41, 5.74) is 3.79. The van der Waals surface area contributed by atoms with Crippen molar-refractivity contribution in [1.82, 2.24) is 9.80 Å². The molecule has 1 fully saturated rings. The van der Waals surface area contributed by atoms with Gasteiger partial charge in [0, 0.05) is 32.7 Å². The van der Waals surface area contributed by atoms with Crippen molar-refractivity contribution in [3.63, 3.8) is 0 Å². The summed E-state index contributed by atoms with van der Waals surface area (Å²) < 4.78 is 0. The van der Waals surface area contributed by atoms with Crippen LogP contribution in [0.5, 0.6) is 0 Å². The molecule has 1 aromatic rings. The van der Waals surface area contributed by atoms with Gasteiger partial charge in [-0.2, -0.15) is 5.26 Å². The number of aryl methyl sites for hydroxylation is 2. The van der Waals surface area contributed by atoms with E-state index in [9.17, 15) is 5.26 Å². The Morgan fingerprint density at radius 2 is 1.80 bits per heavy atom. The molecular weight excluding hydrogens is 246 g/mol. The fraction of sp³-hybridized carbons (Fsp3) is 0.588. The molecule has 1 aliphatic rings. The number of benzene rings is 1. The van der Waals surface area contributed by atoms with Crippen molar-refractivity contribution in [3.8, 4) is 6.07 Å². The van der Waals surface area contributed by atoms with Crippen LogP contribution in [0.3, 0.4) is 0 Å². The van der Waals surface area contributed by atoms with E-state index in [1.165, 1.54) is 16.7 Å². The standard InChI is InChI=1S/C17H25N3/c1-14-5-6-15(2)16(11-14)12-19-7-9-20(10-8-19)17(3,4)13-18/h5-6,11H,7-10,12H2,1-4H3. The van der Waals surface area contributed by atoms with Gasteiger partial charge in [0.2, 0.25) is 0 Å². The van der Waals surface area contributed by atoms with Crippen LogP contribution >= 0.6 is 0 Å². The number of piperazine rings is 1. The van der Waals surface area contributed by atoms with E-state index < -0.39 is 0 Å². The lowest BCUT2D eigenvalue weighted by atomic mass is 10.0. The molecule has 0 aromatic heterocycles. The molecule has 1 saturated heterocycles. The molecule has 1 heterocycles. The van der Waals surface area contributed by atoms with Crippen LogP contribution in [0.4, 0.5) is 0 Å². The monoisotopic (exact) mass is 271 g/mol. The molecule has 0 unspecified atom stereocenters. The topological polar surface area (TPSA) is 30.3 Å². The molecule has 0 radical (unpaired) electrons. The zero-order valence-corrected chi connectivity index (χ0v) is 13.1. The molecule has 3 heteroatoms. The van der Waals surface area contributed by atoms with Crippen LogP contribution in [0.25, 0.3) is 0 Å². The average Bonchev–Trinajstić information content (AvgIpc) is 2.43. The van der Waals surface area contributed by atoms with E-state index in [2.05, 4.69) is 47.9 Å². The van der Waals surface area contributed by atoms with Crippen LogP contribution in [0.2, 0.25) is 0 Å². The third kappa shape index (κ3) is 3.39. The van der Waals surface area contributed by atoms with Gasteiger partial charge in [-0.3, -0.25) is 9.80 Å². The van der Waals surface area contributed by atoms with Gasteiger partial charge in [-0.15, -0.1) is 0 Å². The molecular formula is C17H25N3. The van der Waals surface area contributed by atoms with Gasteiger partial charge in [0.25, 0.3) is 0 Å². The quantitative estimate of drug-likeness (QED) is 0.847. The minimum Gasteiger partial charge on any atom is -0.297 e. The Bertz CT molecular complexity index is 505. The van der Waals surface area contributed by atoms with E-state index in [4.69, 9.17) is 0 Å². The molecule has 2 rings (SSSR count). The Labute approximate surface area is 122 Å². The Morgan fingerprint density at radius 1 is 1.15 bits per heavy atom. The number of nitriles is 1. The highest BCUT2D eigenvalue weighted by molar-refractivity contribution is 5.30. The van der Waals surface area contributed by atoms with Gasteiger partial charge in [0.05, 0.1) is 6.07 Å². The lowest BCUT2D eigenvalue weighted by Gasteiger charge is -2.40. The smallest absolute Gasteiger partial charge is 0.103 e. The summed E-state index contributed by atoms with van der Waals surface area (Å²) in [5.74, 6) is 0. The second-order valence-corrected chi connectivity index (χ2v) is 6.36. The maximum Gasteiger partial charge on any atom is 0.103 e. The Hall–Kier alpha value is -1.37. The molecule has 0 atom stereocenters. The molecule has 0 aliphatic carbocycles. The predicted octanol–water partition coefficient (Wildman–Crippen LogP) is 2.72. The van der Waals surface area contributed by atoms with Crippen LogP contribution < -0.4 is 0 Å². The first-order chi connectivity index (χ1) is 9.42. The van der Waals surface area contributed by atoms with Gasteiger partial charge in [-0.1, -0.05) is 23.8 Å². The minimum atomic E-state index is -0.342. The molecule has 0 bridgehead atoms. The van der Waals surface area contributed by atoms with Crippen molar-refractivity contribution in [3.05, 3.63) is 34.9 Å². The number of nitrogens with zero attached hydrogens (tertiary/aromatic N) is 3. The first-order valence-corrected chi connectivity index (χ1v) is 7.37. The van der Waals surface area contributed by atoms with Gasteiger partial charge in [0.15, 0.2) is 0 Å². The molecule has 20 heavy (non-hydrogen) atoms. The van der Waals surface area contributed by atoms with Crippen LogP contribution in [0.1, 0.15) is 30.5 Å². The van der Waals surface area contributed by atoms with Gasteiger partial charge < -0.3 is 0 Å². The summed E-state index contributed by atoms with van der Waals surface area (Å²) in [6.45, 7) is 13.4. The zero-order valence-electron chi connectivity index (χ0n) is 13.1. The van der Waals surface area contributed by atoms with E-state index in [1.54, 1.807) is 0 Å². The molecule has 108 valence electrons. The average molecular weight is 271 g/mol. The minimum absolute atomic E-state index is 0.342. The van der Waals surface area contributed by atoms with Crippen molar-refractivity contribution >= 4 is 0 Å². The summed E-state index contributed by atoms with van der Waals surface area (Å²) in [6.07, 6.45) is 0. The second-order valence-electron chi connectivity index (χ2n) is 6.36. The molecule has 1 aliphatic heterocycles. The van der Waals surface area contributed by atoms with E-state index in [1.807, 2.05) is 13.8 Å². The molecule has 1 aromatic carbocycles. The lowest BCUT2D eigenvalue weighted by Crippen LogP contribution is -2.53. The summed E-state index contributed by atoms with van der Waals surface area (Å²) in [4.78, 5) is 4.78. The highest BCUT2D eigenvalue weighted by Gasteiger charge is 2.29. The summed E-state index contributed by atoms with van der Waals surface area (Å²) in [7, 11) is 0. The first kappa shape index (κ1) is 15.0. The fourth-order valence-corrected chi connectivity index (χ4v) is 2.75. The van der Waals surface area contributed by atoms with Crippen molar-refractivity contribution < 1.29 is 0 Å². The summed E-state index contributed by atoms with van der Waals surface area (Å²) in [5, 5.41) is 9.21.